The second-order valence-electron chi connectivity index (χ2n) is 5.89. The number of rotatable bonds is 6. The first-order valence-electron chi connectivity index (χ1n) is 7.98. The van der Waals surface area contributed by atoms with Gasteiger partial charge < -0.3 is 15.4 Å². The van der Waals surface area contributed by atoms with E-state index in [1.165, 1.54) is 6.07 Å². The third-order valence-corrected chi connectivity index (χ3v) is 4.11. The lowest BCUT2D eigenvalue weighted by Crippen LogP contribution is -2.21. The van der Waals surface area contributed by atoms with Gasteiger partial charge in [0.25, 0.3) is 0 Å². The lowest BCUT2D eigenvalue weighted by Gasteiger charge is -2.16. The number of pyridine rings is 1. The van der Waals surface area contributed by atoms with E-state index in [1.54, 1.807) is 18.5 Å². The minimum atomic E-state index is -0.193. The molecule has 0 aliphatic carbocycles. The quantitative estimate of drug-likeness (QED) is 0.860. The van der Waals surface area contributed by atoms with Gasteiger partial charge in [0.15, 0.2) is 0 Å². The van der Waals surface area contributed by atoms with Crippen LogP contribution in [-0.4, -0.2) is 24.2 Å². The third kappa shape index (κ3) is 4.27. The van der Waals surface area contributed by atoms with E-state index in [0.29, 0.717) is 13.1 Å². The molecule has 1 aliphatic rings. The molecule has 2 N–H and O–H groups in total. The van der Waals surface area contributed by atoms with Gasteiger partial charge in [-0.15, -0.1) is 0 Å². The molecule has 1 atom stereocenters. The normalized spacial score (nSPS) is 17.4. The highest BCUT2D eigenvalue weighted by molar-refractivity contribution is 5.31. The summed E-state index contributed by atoms with van der Waals surface area (Å²) in [6.07, 6.45) is 4.80. The van der Waals surface area contributed by atoms with Gasteiger partial charge in [0.05, 0.1) is 6.20 Å². The average Bonchev–Trinajstić information content (AvgIpc) is 3.04. The van der Waals surface area contributed by atoms with E-state index in [0.717, 1.165) is 42.0 Å². The third-order valence-electron chi connectivity index (χ3n) is 4.11. The van der Waals surface area contributed by atoms with Crippen molar-refractivity contribution in [2.75, 3.05) is 13.1 Å². The molecule has 5 heteroatoms. The lowest BCUT2D eigenvalue weighted by atomic mass is 10.1. The summed E-state index contributed by atoms with van der Waals surface area (Å²) in [6, 6.07) is 6.86. The van der Waals surface area contributed by atoms with E-state index in [1.807, 2.05) is 19.1 Å². The SMILES string of the molecule is Cc1cc(F)ccc1CNCc1ccncc1O[C@H]1CCNC1. The van der Waals surface area contributed by atoms with Gasteiger partial charge in [0, 0.05) is 31.4 Å². The minimum Gasteiger partial charge on any atom is -0.487 e. The Hall–Kier alpha value is -1.98. The topological polar surface area (TPSA) is 46.2 Å². The van der Waals surface area contributed by atoms with Crippen molar-refractivity contribution in [2.24, 2.45) is 0 Å². The minimum absolute atomic E-state index is 0.193. The number of halogens is 1. The molecule has 1 aromatic carbocycles. The lowest BCUT2D eigenvalue weighted by molar-refractivity contribution is 0.219. The summed E-state index contributed by atoms with van der Waals surface area (Å²) in [5, 5.41) is 6.69. The van der Waals surface area contributed by atoms with Crippen LogP contribution in [0.4, 0.5) is 4.39 Å². The van der Waals surface area contributed by atoms with E-state index in [-0.39, 0.29) is 11.9 Å². The molecule has 0 radical (unpaired) electrons. The summed E-state index contributed by atoms with van der Waals surface area (Å²) in [5.74, 6) is 0.644. The van der Waals surface area contributed by atoms with Crippen LogP contribution in [0.5, 0.6) is 5.75 Å². The first-order valence-corrected chi connectivity index (χ1v) is 7.98. The van der Waals surface area contributed by atoms with Gasteiger partial charge in [-0.1, -0.05) is 6.07 Å². The molecule has 3 rings (SSSR count). The number of nitrogens with zero attached hydrogens (tertiary/aromatic N) is 1. The van der Waals surface area contributed by atoms with Crippen molar-refractivity contribution in [3.63, 3.8) is 0 Å². The molecule has 122 valence electrons. The predicted octanol–water partition coefficient (Wildman–Crippen LogP) is 2.56. The zero-order chi connectivity index (χ0) is 16.1. The monoisotopic (exact) mass is 315 g/mol. The van der Waals surface area contributed by atoms with E-state index in [4.69, 9.17) is 4.74 Å². The first-order chi connectivity index (χ1) is 11.2. The van der Waals surface area contributed by atoms with E-state index in [9.17, 15) is 4.39 Å². The summed E-state index contributed by atoms with van der Waals surface area (Å²) < 4.78 is 19.2. The highest BCUT2D eigenvalue weighted by Crippen LogP contribution is 2.20. The van der Waals surface area contributed by atoms with Gasteiger partial charge in [-0.05, 0) is 49.2 Å². The Bertz CT molecular complexity index is 656. The first kappa shape index (κ1) is 15.9. The van der Waals surface area contributed by atoms with Gasteiger partial charge in [0.2, 0.25) is 0 Å². The fraction of sp³-hybridized carbons (Fsp3) is 0.389. The van der Waals surface area contributed by atoms with Crippen molar-refractivity contribution in [1.29, 1.82) is 0 Å². The molecule has 4 nitrogen and oxygen atoms in total. The molecule has 23 heavy (non-hydrogen) atoms. The maximum absolute atomic E-state index is 13.1. The molecule has 0 spiro atoms. The second-order valence-corrected chi connectivity index (χ2v) is 5.89. The van der Waals surface area contributed by atoms with Crippen LogP contribution in [0.3, 0.4) is 0 Å². The summed E-state index contributed by atoms with van der Waals surface area (Å²) in [4.78, 5) is 4.16. The molecule has 1 aromatic heterocycles. The molecular formula is C18H22FN3O. The smallest absolute Gasteiger partial charge is 0.142 e. The number of aryl methyl sites for hydroxylation is 1. The summed E-state index contributed by atoms with van der Waals surface area (Å²) in [5.41, 5.74) is 3.15. The van der Waals surface area contributed by atoms with Crippen LogP contribution in [0, 0.1) is 12.7 Å². The van der Waals surface area contributed by atoms with Gasteiger partial charge in [-0.25, -0.2) is 4.39 Å². The van der Waals surface area contributed by atoms with Crippen molar-refractivity contribution >= 4 is 0 Å². The largest absolute Gasteiger partial charge is 0.487 e. The van der Waals surface area contributed by atoms with Crippen molar-refractivity contribution in [3.8, 4) is 5.75 Å². The zero-order valence-corrected chi connectivity index (χ0v) is 13.3. The van der Waals surface area contributed by atoms with Crippen molar-refractivity contribution in [1.82, 2.24) is 15.6 Å². The van der Waals surface area contributed by atoms with Crippen molar-refractivity contribution < 1.29 is 9.13 Å². The Labute approximate surface area is 136 Å². The van der Waals surface area contributed by atoms with Crippen LogP contribution in [0.2, 0.25) is 0 Å². The number of nitrogens with one attached hydrogen (secondary N) is 2. The number of aromatic nitrogens is 1. The van der Waals surface area contributed by atoms with Crippen LogP contribution >= 0.6 is 0 Å². The Morgan fingerprint density at radius 2 is 2.17 bits per heavy atom. The summed E-state index contributed by atoms with van der Waals surface area (Å²) in [6.45, 7) is 5.20. The molecule has 1 fully saturated rings. The number of hydrogen-bond donors (Lipinski definition) is 2. The maximum atomic E-state index is 13.1. The molecule has 0 bridgehead atoms. The Balaban J connectivity index is 1.59. The fourth-order valence-corrected chi connectivity index (χ4v) is 2.76. The predicted molar refractivity (Wildman–Crippen MR) is 87.8 cm³/mol. The van der Waals surface area contributed by atoms with Crippen LogP contribution in [0.15, 0.2) is 36.7 Å². The number of ether oxygens (including phenoxy) is 1. The second kappa shape index (κ2) is 7.53. The Morgan fingerprint density at radius 3 is 2.96 bits per heavy atom. The standard InChI is InChI=1S/C18H22FN3O/c1-13-8-16(19)3-2-14(13)9-22-10-15-4-6-21-12-18(15)23-17-5-7-20-11-17/h2-4,6,8,12,17,20,22H,5,7,9-11H2,1H3/t17-/m0/s1. The summed E-state index contributed by atoms with van der Waals surface area (Å²) >= 11 is 0. The van der Waals surface area contributed by atoms with Crippen molar-refractivity contribution in [3.05, 3.63) is 59.2 Å². The fourth-order valence-electron chi connectivity index (χ4n) is 2.76. The van der Waals surface area contributed by atoms with Gasteiger partial charge in [-0.2, -0.15) is 0 Å². The average molecular weight is 315 g/mol. The molecule has 0 saturated carbocycles. The Morgan fingerprint density at radius 1 is 1.30 bits per heavy atom. The molecule has 0 unspecified atom stereocenters. The molecular weight excluding hydrogens is 293 g/mol. The van der Waals surface area contributed by atoms with Gasteiger partial charge in [0.1, 0.15) is 17.7 Å². The Kier molecular flexibility index (Phi) is 5.20. The molecule has 2 aromatic rings. The summed E-state index contributed by atoms with van der Waals surface area (Å²) in [7, 11) is 0. The van der Waals surface area contributed by atoms with Crippen LogP contribution in [0.1, 0.15) is 23.1 Å². The van der Waals surface area contributed by atoms with E-state index in [2.05, 4.69) is 15.6 Å². The highest BCUT2D eigenvalue weighted by Gasteiger charge is 2.17. The molecule has 2 heterocycles. The van der Waals surface area contributed by atoms with Crippen molar-refractivity contribution in [2.45, 2.75) is 32.5 Å². The molecule has 0 amide bonds. The number of hydrogen-bond acceptors (Lipinski definition) is 4. The van der Waals surface area contributed by atoms with Crippen LogP contribution in [-0.2, 0) is 13.1 Å². The molecule has 1 saturated heterocycles. The van der Waals surface area contributed by atoms with Crippen LogP contribution < -0.4 is 15.4 Å². The van der Waals surface area contributed by atoms with Crippen LogP contribution in [0.25, 0.3) is 0 Å². The van der Waals surface area contributed by atoms with E-state index >= 15 is 0 Å². The van der Waals surface area contributed by atoms with Gasteiger partial charge in [-0.3, -0.25) is 4.98 Å². The zero-order valence-electron chi connectivity index (χ0n) is 13.3. The highest BCUT2D eigenvalue weighted by atomic mass is 19.1. The molecule has 1 aliphatic heterocycles. The maximum Gasteiger partial charge on any atom is 0.142 e. The van der Waals surface area contributed by atoms with Gasteiger partial charge >= 0.3 is 0 Å². The van der Waals surface area contributed by atoms with E-state index < -0.39 is 0 Å². The number of benzene rings is 1.